The molecule has 1 atom stereocenters. The summed E-state index contributed by atoms with van der Waals surface area (Å²) in [5.41, 5.74) is 1.89. The van der Waals surface area contributed by atoms with Crippen LogP contribution in [0.2, 0.25) is 0 Å². The second kappa shape index (κ2) is 5.75. The van der Waals surface area contributed by atoms with Gasteiger partial charge >= 0.3 is 0 Å². The van der Waals surface area contributed by atoms with Gasteiger partial charge in [-0.1, -0.05) is 30.3 Å². The van der Waals surface area contributed by atoms with E-state index in [2.05, 4.69) is 27.2 Å². The van der Waals surface area contributed by atoms with Crippen LogP contribution in [-0.4, -0.2) is 19.5 Å². The van der Waals surface area contributed by atoms with Gasteiger partial charge in [0.1, 0.15) is 5.82 Å². The number of hydrogen-bond acceptors (Lipinski definition) is 4. The number of aryl methyl sites for hydroxylation is 1. The number of hydrogen-bond donors (Lipinski definition) is 1. The quantitative estimate of drug-likeness (QED) is 0.797. The normalized spacial score (nSPS) is 12.1. The molecule has 0 amide bonds. The van der Waals surface area contributed by atoms with Crippen LogP contribution in [0, 0.1) is 0 Å². The van der Waals surface area contributed by atoms with E-state index in [0.29, 0.717) is 0 Å². The zero-order valence-corrected chi connectivity index (χ0v) is 12.1. The van der Waals surface area contributed by atoms with E-state index >= 15 is 0 Å². The van der Waals surface area contributed by atoms with Crippen molar-refractivity contribution in [3.63, 3.8) is 0 Å². The van der Waals surface area contributed by atoms with Gasteiger partial charge in [-0.15, -0.1) is 0 Å². The number of imidazole rings is 1. The van der Waals surface area contributed by atoms with Crippen molar-refractivity contribution in [2.45, 2.75) is 13.0 Å². The highest BCUT2D eigenvalue weighted by molar-refractivity contribution is 5.55. The Bertz CT molecular complexity index is 703. The number of nitrogens with zero attached hydrogens (tertiary/aromatic N) is 4. The van der Waals surface area contributed by atoms with Crippen molar-refractivity contribution in [3.05, 3.63) is 60.9 Å². The Morgan fingerprint density at radius 3 is 2.38 bits per heavy atom. The summed E-state index contributed by atoms with van der Waals surface area (Å²) in [7, 11) is 1.98. The van der Waals surface area contributed by atoms with Gasteiger partial charge in [0.15, 0.2) is 5.82 Å². The number of aromatic nitrogens is 4. The molecule has 2 aromatic heterocycles. The van der Waals surface area contributed by atoms with Crippen LogP contribution < -0.4 is 5.32 Å². The Balaban J connectivity index is 1.75. The highest BCUT2D eigenvalue weighted by Crippen LogP contribution is 2.18. The molecule has 0 aliphatic heterocycles. The number of rotatable bonds is 4. The van der Waals surface area contributed by atoms with Crippen LogP contribution in [0.25, 0.3) is 11.4 Å². The van der Waals surface area contributed by atoms with E-state index in [1.807, 2.05) is 48.1 Å². The van der Waals surface area contributed by atoms with Crippen molar-refractivity contribution < 1.29 is 0 Å². The van der Waals surface area contributed by atoms with Crippen LogP contribution in [0.5, 0.6) is 0 Å². The molecule has 3 rings (SSSR count). The second-order valence-electron chi connectivity index (χ2n) is 4.92. The predicted octanol–water partition coefficient (Wildman–Crippen LogP) is 3.05. The van der Waals surface area contributed by atoms with E-state index in [1.165, 1.54) is 0 Å². The van der Waals surface area contributed by atoms with Gasteiger partial charge in [-0.2, -0.15) is 0 Å². The first-order valence-corrected chi connectivity index (χ1v) is 6.85. The van der Waals surface area contributed by atoms with Crippen molar-refractivity contribution in [1.82, 2.24) is 19.5 Å². The molecule has 5 heteroatoms. The molecular weight excluding hydrogens is 262 g/mol. The zero-order chi connectivity index (χ0) is 14.7. The molecular formula is C16H17N5. The Morgan fingerprint density at radius 1 is 1.05 bits per heavy atom. The molecule has 106 valence electrons. The van der Waals surface area contributed by atoms with Crippen molar-refractivity contribution in [2.24, 2.45) is 7.05 Å². The lowest BCUT2D eigenvalue weighted by molar-refractivity contribution is 0.721. The Labute approximate surface area is 123 Å². The molecule has 0 saturated heterocycles. The van der Waals surface area contributed by atoms with Crippen molar-refractivity contribution in [2.75, 3.05) is 5.32 Å². The Morgan fingerprint density at radius 2 is 1.76 bits per heavy atom. The summed E-state index contributed by atoms with van der Waals surface area (Å²) >= 11 is 0. The maximum absolute atomic E-state index is 4.40. The fourth-order valence-corrected chi connectivity index (χ4v) is 2.25. The molecule has 0 spiro atoms. The lowest BCUT2D eigenvalue weighted by Crippen LogP contribution is -2.12. The van der Waals surface area contributed by atoms with Gasteiger partial charge in [0.05, 0.1) is 24.1 Å². The number of nitrogens with one attached hydrogen (secondary N) is 1. The lowest BCUT2D eigenvalue weighted by Gasteiger charge is -2.14. The zero-order valence-electron chi connectivity index (χ0n) is 12.1. The van der Waals surface area contributed by atoms with Gasteiger partial charge in [0.2, 0.25) is 0 Å². The Kier molecular flexibility index (Phi) is 3.64. The van der Waals surface area contributed by atoms with E-state index in [4.69, 9.17) is 0 Å². The topological polar surface area (TPSA) is 55.6 Å². The third-order valence-electron chi connectivity index (χ3n) is 3.31. The fourth-order valence-electron chi connectivity index (χ4n) is 2.25. The standard InChI is InChI=1S/C16H17N5/c1-12(16-17-8-9-21(16)2)20-14-10-18-15(19-11-14)13-6-4-3-5-7-13/h3-12,20H,1-2H3. The maximum atomic E-state index is 4.40. The minimum absolute atomic E-state index is 0.0937. The van der Waals surface area contributed by atoms with E-state index in [-0.39, 0.29) is 6.04 Å². The summed E-state index contributed by atoms with van der Waals surface area (Å²) in [6, 6.07) is 10.0. The molecule has 3 aromatic rings. The molecule has 0 radical (unpaired) electrons. The molecule has 1 N–H and O–H groups in total. The van der Waals surface area contributed by atoms with Gasteiger partial charge < -0.3 is 9.88 Å². The summed E-state index contributed by atoms with van der Waals surface area (Å²) in [6.07, 6.45) is 7.33. The van der Waals surface area contributed by atoms with Crippen LogP contribution >= 0.6 is 0 Å². The van der Waals surface area contributed by atoms with Crippen LogP contribution in [0.15, 0.2) is 55.1 Å². The molecule has 0 fully saturated rings. The second-order valence-corrected chi connectivity index (χ2v) is 4.92. The predicted molar refractivity (Wildman–Crippen MR) is 82.7 cm³/mol. The number of anilines is 1. The van der Waals surface area contributed by atoms with E-state index in [9.17, 15) is 0 Å². The van der Waals surface area contributed by atoms with Gasteiger partial charge in [0, 0.05) is 25.0 Å². The number of benzene rings is 1. The fraction of sp³-hybridized carbons (Fsp3) is 0.188. The molecule has 1 aromatic carbocycles. The third-order valence-corrected chi connectivity index (χ3v) is 3.31. The van der Waals surface area contributed by atoms with Crippen molar-refractivity contribution >= 4 is 5.69 Å². The minimum atomic E-state index is 0.0937. The summed E-state index contributed by atoms with van der Waals surface area (Å²) in [4.78, 5) is 13.1. The lowest BCUT2D eigenvalue weighted by atomic mass is 10.2. The average Bonchev–Trinajstić information content (AvgIpc) is 2.95. The van der Waals surface area contributed by atoms with Gasteiger partial charge in [-0.3, -0.25) is 0 Å². The molecule has 0 aliphatic carbocycles. The third kappa shape index (κ3) is 2.91. The van der Waals surface area contributed by atoms with Gasteiger partial charge in [-0.25, -0.2) is 15.0 Å². The summed E-state index contributed by atoms with van der Waals surface area (Å²) in [5.74, 6) is 1.70. The first-order valence-electron chi connectivity index (χ1n) is 6.85. The first-order chi connectivity index (χ1) is 10.2. The molecule has 21 heavy (non-hydrogen) atoms. The SMILES string of the molecule is CC(Nc1cnc(-c2ccccc2)nc1)c1nccn1C. The van der Waals surface area contributed by atoms with E-state index in [1.54, 1.807) is 18.6 Å². The minimum Gasteiger partial charge on any atom is -0.373 e. The molecule has 0 aliphatic rings. The summed E-state index contributed by atoms with van der Waals surface area (Å²) in [5, 5.41) is 3.36. The molecule has 2 heterocycles. The molecule has 1 unspecified atom stereocenters. The van der Waals surface area contributed by atoms with Crippen LogP contribution in [0.4, 0.5) is 5.69 Å². The van der Waals surface area contributed by atoms with Gasteiger partial charge in [0.25, 0.3) is 0 Å². The molecule has 5 nitrogen and oxygen atoms in total. The maximum Gasteiger partial charge on any atom is 0.159 e. The largest absolute Gasteiger partial charge is 0.373 e. The van der Waals surface area contributed by atoms with E-state index in [0.717, 1.165) is 22.9 Å². The van der Waals surface area contributed by atoms with Crippen molar-refractivity contribution in [1.29, 1.82) is 0 Å². The average molecular weight is 279 g/mol. The monoisotopic (exact) mass is 279 g/mol. The highest BCUT2D eigenvalue weighted by Gasteiger charge is 2.10. The smallest absolute Gasteiger partial charge is 0.159 e. The van der Waals surface area contributed by atoms with E-state index < -0.39 is 0 Å². The highest BCUT2D eigenvalue weighted by atomic mass is 15.1. The van der Waals surface area contributed by atoms with Crippen molar-refractivity contribution in [3.8, 4) is 11.4 Å². The summed E-state index contributed by atoms with van der Waals surface area (Å²) < 4.78 is 2.00. The van der Waals surface area contributed by atoms with Gasteiger partial charge in [-0.05, 0) is 6.92 Å². The Hall–Kier alpha value is -2.69. The van der Waals surface area contributed by atoms with Crippen LogP contribution in [0.1, 0.15) is 18.8 Å². The van der Waals surface area contributed by atoms with Crippen LogP contribution in [-0.2, 0) is 7.05 Å². The molecule has 0 bridgehead atoms. The van der Waals surface area contributed by atoms with Crippen LogP contribution in [0.3, 0.4) is 0 Å². The molecule has 0 saturated carbocycles. The summed E-state index contributed by atoms with van der Waals surface area (Å²) in [6.45, 7) is 2.06. The first kappa shape index (κ1) is 13.3.